The van der Waals surface area contributed by atoms with E-state index in [1.807, 2.05) is 0 Å². The van der Waals surface area contributed by atoms with Crippen molar-refractivity contribution in [2.45, 2.75) is 26.6 Å². The largest absolute Gasteiger partial charge is 0.435 e. The van der Waals surface area contributed by atoms with Gasteiger partial charge in [-0.25, -0.2) is 9.97 Å². The van der Waals surface area contributed by atoms with Gasteiger partial charge in [-0.2, -0.15) is 23.4 Å². The van der Waals surface area contributed by atoms with Crippen LogP contribution in [0.3, 0.4) is 0 Å². The first-order chi connectivity index (χ1) is 11.3. The van der Waals surface area contributed by atoms with Gasteiger partial charge in [0.05, 0.1) is 18.1 Å². The SMILES string of the molecule is Cc1nc(NCCn2nc(C(F)(F)F)cc2C)c2cnn(C)c2n1. The Hall–Kier alpha value is -2.65. The molecule has 0 fully saturated rings. The highest BCUT2D eigenvalue weighted by molar-refractivity contribution is 5.86. The van der Waals surface area contributed by atoms with Crippen LogP contribution in [-0.4, -0.2) is 36.1 Å². The van der Waals surface area contributed by atoms with Crippen LogP contribution in [0, 0.1) is 13.8 Å². The van der Waals surface area contributed by atoms with Crippen molar-refractivity contribution >= 4 is 16.9 Å². The van der Waals surface area contributed by atoms with Gasteiger partial charge < -0.3 is 5.32 Å². The molecule has 0 amide bonds. The summed E-state index contributed by atoms with van der Waals surface area (Å²) in [4.78, 5) is 8.64. The van der Waals surface area contributed by atoms with Gasteiger partial charge in [0, 0.05) is 19.3 Å². The number of hydrogen-bond donors (Lipinski definition) is 1. The Morgan fingerprint density at radius 1 is 1.21 bits per heavy atom. The Morgan fingerprint density at radius 2 is 1.96 bits per heavy atom. The molecule has 0 spiro atoms. The number of hydrogen-bond acceptors (Lipinski definition) is 5. The molecule has 0 saturated heterocycles. The summed E-state index contributed by atoms with van der Waals surface area (Å²) >= 11 is 0. The number of nitrogens with one attached hydrogen (secondary N) is 1. The minimum atomic E-state index is -4.44. The van der Waals surface area contributed by atoms with Gasteiger partial charge in [0.25, 0.3) is 0 Å². The van der Waals surface area contributed by atoms with Gasteiger partial charge in [-0.15, -0.1) is 0 Å². The Kier molecular flexibility index (Phi) is 3.90. The summed E-state index contributed by atoms with van der Waals surface area (Å²) in [7, 11) is 1.78. The van der Waals surface area contributed by atoms with E-state index < -0.39 is 11.9 Å². The van der Waals surface area contributed by atoms with Crippen molar-refractivity contribution in [1.29, 1.82) is 0 Å². The van der Waals surface area contributed by atoms with Crippen LogP contribution in [-0.2, 0) is 19.8 Å². The molecule has 3 aromatic heterocycles. The van der Waals surface area contributed by atoms with Crippen molar-refractivity contribution in [1.82, 2.24) is 29.5 Å². The molecule has 10 heteroatoms. The summed E-state index contributed by atoms with van der Waals surface area (Å²) < 4.78 is 41.0. The van der Waals surface area contributed by atoms with E-state index in [4.69, 9.17) is 0 Å². The summed E-state index contributed by atoms with van der Waals surface area (Å²) in [6, 6.07) is 1.04. The molecule has 24 heavy (non-hydrogen) atoms. The lowest BCUT2D eigenvalue weighted by atomic mass is 10.3. The number of nitrogens with zero attached hydrogens (tertiary/aromatic N) is 6. The van der Waals surface area contributed by atoms with Crippen molar-refractivity contribution in [2.75, 3.05) is 11.9 Å². The minimum absolute atomic E-state index is 0.284. The van der Waals surface area contributed by atoms with E-state index in [0.29, 0.717) is 29.5 Å². The highest BCUT2D eigenvalue weighted by atomic mass is 19.4. The van der Waals surface area contributed by atoms with Crippen molar-refractivity contribution in [3.8, 4) is 0 Å². The van der Waals surface area contributed by atoms with Gasteiger partial charge in [-0.1, -0.05) is 0 Å². The van der Waals surface area contributed by atoms with Gasteiger partial charge >= 0.3 is 6.18 Å². The highest BCUT2D eigenvalue weighted by Crippen LogP contribution is 2.28. The standard InChI is InChI=1S/C14H16F3N7/c1-8-6-11(14(15,16)17)22-24(8)5-4-18-12-10-7-19-23(3)13(10)21-9(2)20-12/h6-7H,4-5H2,1-3H3,(H,18,20,21). The highest BCUT2D eigenvalue weighted by Gasteiger charge is 2.34. The average molecular weight is 339 g/mol. The molecule has 0 atom stereocenters. The van der Waals surface area contributed by atoms with Crippen LogP contribution < -0.4 is 5.32 Å². The van der Waals surface area contributed by atoms with E-state index in [2.05, 4.69) is 25.5 Å². The first-order valence-electron chi connectivity index (χ1n) is 7.27. The third-order valence-electron chi connectivity index (χ3n) is 3.59. The van der Waals surface area contributed by atoms with Crippen molar-refractivity contribution in [3.05, 3.63) is 29.5 Å². The topological polar surface area (TPSA) is 73.5 Å². The first-order valence-corrected chi connectivity index (χ1v) is 7.27. The van der Waals surface area contributed by atoms with Crippen molar-refractivity contribution in [2.24, 2.45) is 7.05 Å². The monoisotopic (exact) mass is 339 g/mol. The zero-order valence-electron chi connectivity index (χ0n) is 13.4. The molecular weight excluding hydrogens is 323 g/mol. The van der Waals surface area contributed by atoms with Gasteiger partial charge in [0.15, 0.2) is 11.3 Å². The van der Waals surface area contributed by atoms with E-state index in [0.717, 1.165) is 11.5 Å². The molecule has 7 nitrogen and oxygen atoms in total. The lowest BCUT2D eigenvalue weighted by molar-refractivity contribution is -0.141. The number of fused-ring (bicyclic) bond motifs is 1. The molecule has 0 aliphatic carbocycles. The van der Waals surface area contributed by atoms with E-state index in [1.54, 1.807) is 31.8 Å². The van der Waals surface area contributed by atoms with Crippen molar-refractivity contribution < 1.29 is 13.2 Å². The third-order valence-corrected chi connectivity index (χ3v) is 3.59. The molecule has 0 aliphatic rings. The van der Waals surface area contributed by atoms with E-state index in [1.165, 1.54) is 4.68 Å². The lowest BCUT2D eigenvalue weighted by Crippen LogP contribution is -2.15. The Bertz CT molecular complexity index is 878. The van der Waals surface area contributed by atoms with Crippen LogP contribution in [0.5, 0.6) is 0 Å². The van der Waals surface area contributed by atoms with E-state index in [9.17, 15) is 13.2 Å². The number of alkyl halides is 3. The Labute approximate surface area is 135 Å². The number of halogens is 3. The van der Waals surface area contributed by atoms with Crippen LogP contribution in [0.1, 0.15) is 17.2 Å². The summed E-state index contributed by atoms with van der Waals surface area (Å²) in [5.41, 5.74) is 0.265. The Balaban J connectivity index is 1.75. The van der Waals surface area contributed by atoms with Gasteiger partial charge in [0.1, 0.15) is 11.6 Å². The second-order valence-electron chi connectivity index (χ2n) is 5.44. The number of rotatable bonds is 4. The molecular formula is C14H16F3N7. The van der Waals surface area contributed by atoms with Crippen LogP contribution in [0.4, 0.5) is 19.0 Å². The molecule has 0 saturated carbocycles. The predicted molar refractivity (Wildman–Crippen MR) is 81.5 cm³/mol. The van der Waals surface area contributed by atoms with Crippen LogP contribution in [0.15, 0.2) is 12.3 Å². The van der Waals surface area contributed by atoms with E-state index >= 15 is 0 Å². The zero-order valence-corrected chi connectivity index (χ0v) is 13.4. The summed E-state index contributed by atoms with van der Waals surface area (Å²) in [5.74, 6) is 1.19. The molecule has 1 N–H and O–H groups in total. The fourth-order valence-electron chi connectivity index (χ4n) is 2.42. The average Bonchev–Trinajstić information content (AvgIpc) is 3.03. The molecule has 0 bridgehead atoms. The molecule has 3 aromatic rings. The fourth-order valence-corrected chi connectivity index (χ4v) is 2.42. The fraction of sp³-hybridized carbons (Fsp3) is 0.429. The first kappa shape index (κ1) is 16.2. The lowest BCUT2D eigenvalue weighted by Gasteiger charge is -2.09. The number of aryl methyl sites for hydroxylation is 3. The molecule has 128 valence electrons. The van der Waals surface area contributed by atoms with Crippen LogP contribution in [0.2, 0.25) is 0 Å². The summed E-state index contributed by atoms with van der Waals surface area (Å²) in [6.07, 6.45) is -2.78. The maximum atomic E-state index is 12.7. The second-order valence-corrected chi connectivity index (χ2v) is 5.44. The maximum Gasteiger partial charge on any atom is 0.435 e. The second kappa shape index (κ2) is 5.77. The Morgan fingerprint density at radius 3 is 2.62 bits per heavy atom. The van der Waals surface area contributed by atoms with Crippen LogP contribution >= 0.6 is 0 Å². The number of aromatic nitrogens is 6. The molecule has 3 heterocycles. The molecule has 0 radical (unpaired) electrons. The zero-order chi connectivity index (χ0) is 17.5. The van der Waals surface area contributed by atoms with Gasteiger partial charge in [-0.3, -0.25) is 9.36 Å². The van der Waals surface area contributed by atoms with Gasteiger partial charge in [-0.05, 0) is 19.9 Å². The molecule has 0 aromatic carbocycles. The minimum Gasteiger partial charge on any atom is -0.367 e. The summed E-state index contributed by atoms with van der Waals surface area (Å²) in [5, 5.41) is 11.6. The molecule has 0 aliphatic heterocycles. The maximum absolute atomic E-state index is 12.7. The van der Waals surface area contributed by atoms with Crippen LogP contribution in [0.25, 0.3) is 11.0 Å². The smallest absolute Gasteiger partial charge is 0.367 e. The quantitative estimate of drug-likeness (QED) is 0.790. The molecule has 3 rings (SSSR count). The third kappa shape index (κ3) is 3.03. The normalized spacial score (nSPS) is 12.1. The van der Waals surface area contributed by atoms with E-state index in [-0.39, 0.29) is 6.54 Å². The van der Waals surface area contributed by atoms with Crippen molar-refractivity contribution in [3.63, 3.8) is 0 Å². The summed E-state index contributed by atoms with van der Waals surface area (Å²) in [6.45, 7) is 4.02. The number of anilines is 1. The predicted octanol–water partition coefficient (Wildman–Crippen LogP) is 2.31. The molecule has 0 unspecified atom stereocenters. The van der Waals surface area contributed by atoms with Gasteiger partial charge in [0.2, 0.25) is 0 Å².